The van der Waals surface area contributed by atoms with Gasteiger partial charge in [0.2, 0.25) is 5.76 Å². The minimum Gasteiger partial charge on any atom is -0.497 e. The Morgan fingerprint density at radius 2 is 1.74 bits per heavy atom. The number of ether oxygens (including phenoxy) is 3. The summed E-state index contributed by atoms with van der Waals surface area (Å²) in [5.41, 5.74) is 0.537. The summed E-state index contributed by atoms with van der Waals surface area (Å²) >= 11 is 0. The normalized spacial score (nSPS) is 15.3. The lowest BCUT2D eigenvalue weighted by Crippen LogP contribution is -2.47. The average Bonchev–Trinajstić information content (AvgIpc) is 2.87. The van der Waals surface area contributed by atoms with Gasteiger partial charge < -0.3 is 29.3 Å². The first-order chi connectivity index (χ1) is 16.9. The zero-order valence-electron chi connectivity index (χ0n) is 19.0. The molecule has 0 saturated carbocycles. The van der Waals surface area contributed by atoms with Gasteiger partial charge in [0, 0.05) is 6.07 Å². The summed E-state index contributed by atoms with van der Waals surface area (Å²) in [6, 6.07) is 12.8. The first kappa shape index (κ1) is 23.6. The van der Waals surface area contributed by atoms with Gasteiger partial charge in [0.15, 0.2) is 5.43 Å². The monoisotopic (exact) mass is 478 g/mol. The fourth-order valence-electron chi connectivity index (χ4n) is 3.64. The smallest absolute Gasteiger partial charge is 0.374 e. The number of carbonyl (C=O) groups is 3. The van der Waals surface area contributed by atoms with Gasteiger partial charge >= 0.3 is 18.0 Å². The van der Waals surface area contributed by atoms with Crippen LogP contribution in [-0.4, -0.2) is 38.3 Å². The number of benzene rings is 2. The van der Waals surface area contributed by atoms with Crippen molar-refractivity contribution in [3.8, 4) is 5.75 Å². The van der Waals surface area contributed by atoms with Gasteiger partial charge in [-0.25, -0.2) is 14.4 Å². The molecule has 1 unspecified atom stereocenters. The summed E-state index contributed by atoms with van der Waals surface area (Å²) in [6.45, 7) is 1.28. The topological polar surface area (TPSA) is 133 Å². The van der Waals surface area contributed by atoms with E-state index in [9.17, 15) is 19.2 Å². The Bertz CT molecular complexity index is 1370. The van der Waals surface area contributed by atoms with Gasteiger partial charge in [-0.05, 0) is 36.8 Å². The van der Waals surface area contributed by atoms with Crippen molar-refractivity contribution in [2.75, 3.05) is 20.3 Å². The molecule has 0 spiro atoms. The Morgan fingerprint density at radius 1 is 1.00 bits per heavy atom. The molecule has 2 N–H and O–H groups in total. The van der Waals surface area contributed by atoms with Gasteiger partial charge in [0.25, 0.3) is 0 Å². The molecule has 35 heavy (non-hydrogen) atoms. The van der Waals surface area contributed by atoms with Crippen molar-refractivity contribution in [2.24, 2.45) is 0 Å². The predicted molar refractivity (Wildman–Crippen MR) is 124 cm³/mol. The number of hydrogen-bond acceptors (Lipinski definition) is 8. The Hall–Kier alpha value is -4.60. The Labute approximate surface area is 199 Å². The number of esters is 2. The summed E-state index contributed by atoms with van der Waals surface area (Å²) in [5.74, 6) is -1.33. The molecule has 1 atom stereocenters. The van der Waals surface area contributed by atoms with Gasteiger partial charge in [0.1, 0.15) is 17.9 Å². The third-order valence-electron chi connectivity index (χ3n) is 5.28. The van der Waals surface area contributed by atoms with Crippen molar-refractivity contribution in [3.63, 3.8) is 0 Å². The van der Waals surface area contributed by atoms with Gasteiger partial charge in [-0.1, -0.05) is 24.3 Å². The first-order valence-corrected chi connectivity index (χ1v) is 10.7. The maximum atomic E-state index is 12.8. The lowest BCUT2D eigenvalue weighted by Gasteiger charge is -2.29. The molecule has 1 aliphatic rings. The quantitative estimate of drug-likeness (QED) is 0.496. The van der Waals surface area contributed by atoms with Gasteiger partial charge in [-0.3, -0.25) is 4.79 Å². The summed E-state index contributed by atoms with van der Waals surface area (Å²) in [5, 5.41) is 5.52. The molecular weight excluding hydrogens is 456 g/mol. The molecule has 2 heterocycles. The first-order valence-electron chi connectivity index (χ1n) is 10.7. The van der Waals surface area contributed by atoms with Crippen molar-refractivity contribution < 1.29 is 33.0 Å². The number of rotatable bonds is 7. The molecule has 180 valence electrons. The standard InChI is InChI=1S/C25H22N2O8/c1-3-33-24(30)21-17(26-25(31)27-22(21)14-8-10-15(32-2)11-9-14)13-34-23(29)20-12-18(28)16-6-4-5-7-19(16)35-20/h4-12,22H,3,13H2,1-2H3,(H2,26,27,31). The van der Waals surface area contributed by atoms with Crippen molar-refractivity contribution in [1.29, 1.82) is 0 Å². The highest BCUT2D eigenvalue weighted by molar-refractivity contribution is 5.95. The number of amides is 2. The van der Waals surface area contributed by atoms with E-state index in [1.54, 1.807) is 55.5 Å². The molecule has 1 aliphatic heterocycles. The van der Waals surface area contributed by atoms with Crippen LogP contribution in [0.2, 0.25) is 0 Å². The molecule has 1 aromatic heterocycles. The highest BCUT2D eigenvalue weighted by Crippen LogP contribution is 2.29. The second-order valence-corrected chi connectivity index (χ2v) is 7.46. The minimum atomic E-state index is -0.933. The van der Waals surface area contributed by atoms with Crippen LogP contribution in [0.5, 0.6) is 5.75 Å². The molecule has 2 aromatic carbocycles. The second kappa shape index (κ2) is 10.1. The molecule has 0 radical (unpaired) electrons. The van der Waals surface area contributed by atoms with Crippen LogP contribution < -0.4 is 20.8 Å². The number of nitrogens with one attached hydrogen (secondary N) is 2. The van der Waals surface area contributed by atoms with Gasteiger partial charge in [-0.2, -0.15) is 0 Å². The van der Waals surface area contributed by atoms with E-state index >= 15 is 0 Å². The molecule has 10 nitrogen and oxygen atoms in total. The molecular formula is C25H22N2O8. The van der Waals surface area contributed by atoms with Crippen LogP contribution in [0.3, 0.4) is 0 Å². The van der Waals surface area contributed by atoms with Crippen LogP contribution in [0.25, 0.3) is 11.0 Å². The van der Waals surface area contributed by atoms with Crippen LogP contribution in [0, 0.1) is 0 Å². The van der Waals surface area contributed by atoms with E-state index in [1.807, 2.05) is 0 Å². The summed E-state index contributed by atoms with van der Waals surface area (Å²) < 4.78 is 21.1. The number of urea groups is 1. The summed E-state index contributed by atoms with van der Waals surface area (Å²) in [6.07, 6.45) is 0. The number of fused-ring (bicyclic) bond motifs is 1. The molecule has 0 bridgehead atoms. The third-order valence-corrected chi connectivity index (χ3v) is 5.28. The van der Waals surface area contributed by atoms with Gasteiger partial charge in [0.05, 0.1) is 36.4 Å². The van der Waals surface area contributed by atoms with Crippen LogP contribution >= 0.6 is 0 Å². The second-order valence-electron chi connectivity index (χ2n) is 7.46. The van der Waals surface area contributed by atoms with Crippen LogP contribution in [0.15, 0.2) is 75.1 Å². The number of para-hydroxylation sites is 1. The SMILES string of the molecule is CCOC(=O)C1=C(COC(=O)c2cc(=O)c3ccccc3o2)NC(=O)NC1c1ccc(OC)cc1. The van der Waals surface area contributed by atoms with Crippen LogP contribution in [-0.2, 0) is 14.3 Å². The lowest BCUT2D eigenvalue weighted by molar-refractivity contribution is -0.139. The fourth-order valence-corrected chi connectivity index (χ4v) is 3.64. The van der Waals surface area contributed by atoms with E-state index in [-0.39, 0.29) is 29.2 Å². The largest absolute Gasteiger partial charge is 0.497 e. The molecule has 0 fully saturated rings. The van der Waals surface area contributed by atoms with E-state index in [0.717, 1.165) is 6.07 Å². The Kier molecular flexibility index (Phi) is 6.81. The Morgan fingerprint density at radius 3 is 2.46 bits per heavy atom. The van der Waals surface area contributed by atoms with Gasteiger partial charge in [-0.15, -0.1) is 0 Å². The number of methoxy groups -OCH3 is 1. The highest BCUT2D eigenvalue weighted by Gasteiger charge is 2.34. The summed E-state index contributed by atoms with van der Waals surface area (Å²) in [4.78, 5) is 50.2. The van der Waals surface area contributed by atoms with Crippen molar-refractivity contribution in [3.05, 3.63) is 87.4 Å². The molecule has 0 aliphatic carbocycles. The zero-order chi connectivity index (χ0) is 24.9. The predicted octanol–water partition coefficient (Wildman–Crippen LogP) is 2.83. The third kappa shape index (κ3) is 5.01. The highest BCUT2D eigenvalue weighted by atomic mass is 16.5. The maximum Gasteiger partial charge on any atom is 0.374 e. The van der Waals surface area contributed by atoms with E-state index in [4.69, 9.17) is 18.6 Å². The van der Waals surface area contributed by atoms with Crippen molar-refractivity contribution in [1.82, 2.24) is 10.6 Å². The van der Waals surface area contributed by atoms with E-state index in [1.165, 1.54) is 7.11 Å². The summed E-state index contributed by atoms with van der Waals surface area (Å²) in [7, 11) is 1.52. The minimum absolute atomic E-state index is 0.0458. The van der Waals surface area contributed by atoms with E-state index in [2.05, 4.69) is 10.6 Å². The molecule has 4 rings (SSSR count). The lowest BCUT2D eigenvalue weighted by atomic mass is 9.95. The maximum absolute atomic E-state index is 12.8. The van der Waals surface area contributed by atoms with Crippen molar-refractivity contribution in [2.45, 2.75) is 13.0 Å². The van der Waals surface area contributed by atoms with Crippen molar-refractivity contribution >= 4 is 28.9 Å². The average molecular weight is 478 g/mol. The van der Waals surface area contributed by atoms with Crippen LogP contribution in [0.1, 0.15) is 29.1 Å². The molecule has 10 heteroatoms. The number of carbonyl (C=O) groups excluding carboxylic acids is 3. The van der Waals surface area contributed by atoms with Crippen LogP contribution in [0.4, 0.5) is 4.79 Å². The Balaban J connectivity index is 1.65. The molecule has 0 saturated heterocycles. The molecule has 3 aromatic rings. The zero-order valence-corrected chi connectivity index (χ0v) is 19.0. The number of hydrogen-bond donors (Lipinski definition) is 2. The van der Waals surface area contributed by atoms with E-state index in [0.29, 0.717) is 16.7 Å². The fraction of sp³-hybridized carbons (Fsp3) is 0.200. The molecule has 2 amide bonds. The van der Waals surface area contributed by atoms with E-state index < -0.39 is 36.0 Å².